The van der Waals surface area contributed by atoms with Gasteiger partial charge in [-0.15, -0.1) is 23.1 Å². The number of nitrogens with zero attached hydrogens (tertiary/aromatic N) is 1. The molecule has 0 unspecified atom stereocenters. The summed E-state index contributed by atoms with van der Waals surface area (Å²) in [4.78, 5) is 17.5. The quantitative estimate of drug-likeness (QED) is 0.468. The molecule has 0 atom stereocenters. The molecule has 4 nitrogen and oxygen atoms in total. The van der Waals surface area contributed by atoms with Gasteiger partial charge in [0.25, 0.3) is 0 Å². The molecule has 2 aromatic rings. The molecular formula is C22H29NO3S2. The number of thiophene rings is 1. The second-order valence-corrected chi connectivity index (χ2v) is 8.67. The molecule has 0 bridgehead atoms. The number of hydrogen-bond donors (Lipinski definition) is 1. The minimum absolute atomic E-state index is 0.0964. The van der Waals surface area contributed by atoms with Gasteiger partial charge in [-0.25, -0.2) is 4.98 Å². The van der Waals surface area contributed by atoms with Crippen molar-refractivity contribution in [3.05, 3.63) is 39.2 Å². The lowest BCUT2D eigenvalue weighted by molar-refractivity contribution is -0.133. The predicted octanol–water partition coefficient (Wildman–Crippen LogP) is 5.88. The minimum Gasteiger partial charge on any atom is -0.481 e. The predicted molar refractivity (Wildman–Crippen MR) is 117 cm³/mol. The summed E-state index contributed by atoms with van der Waals surface area (Å²) in [6, 6.07) is 4.11. The maximum atomic E-state index is 10.5. The Labute approximate surface area is 176 Å². The highest BCUT2D eigenvalue weighted by Crippen LogP contribution is 2.33. The summed E-state index contributed by atoms with van der Waals surface area (Å²) in [5, 5.41) is 8.60. The highest BCUT2D eigenvalue weighted by atomic mass is 32.2. The highest BCUT2D eigenvalue weighted by molar-refractivity contribution is 8.00. The van der Waals surface area contributed by atoms with E-state index in [1.165, 1.54) is 48.7 Å². The van der Waals surface area contributed by atoms with Crippen LogP contribution in [0.2, 0.25) is 0 Å². The normalized spacial score (nSPS) is 14.0. The molecular weight excluding hydrogens is 390 g/mol. The van der Waals surface area contributed by atoms with E-state index >= 15 is 0 Å². The molecule has 0 amide bonds. The van der Waals surface area contributed by atoms with Crippen molar-refractivity contribution in [3.8, 4) is 11.8 Å². The fraction of sp³-hybridized carbons (Fsp3) is 0.545. The van der Waals surface area contributed by atoms with Crippen LogP contribution in [0.4, 0.5) is 0 Å². The fourth-order valence-electron chi connectivity index (χ4n) is 3.16. The van der Waals surface area contributed by atoms with Crippen molar-refractivity contribution >= 4 is 29.1 Å². The first-order chi connectivity index (χ1) is 13.6. The van der Waals surface area contributed by atoms with E-state index < -0.39 is 5.97 Å². The number of oxazole rings is 1. The topological polar surface area (TPSA) is 63.3 Å². The number of aryl methyl sites for hydroxylation is 1. The molecule has 0 aromatic carbocycles. The molecule has 0 aliphatic heterocycles. The van der Waals surface area contributed by atoms with Crippen LogP contribution >= 0.6 is 23.1 Å². The Morgan fingerprint density at radius 2 is 2.07 bits per heavy atom. The lowest BCUT2D eigenvalue weighted by Crippen LogP contribution is -2.04. The average molecular weight is 420 g/mol. The molecule has 6 heteroatoms. The number of hydrogen-bond acceptors (Lipinski definition) is 5. The molecule has 1 saturated carbocycles. The SMILES string of the molecule is CC.Cc1oc(C2CCCCC2)nc1Cc1ccc(C#CCSCC(=O)O)s1. The summed E-state index contributed by atoms with van der Waals surface area (Å²) in [5.41, 5.74) is 1.03. The van der Waals surface area contributed by atoms with E-state index in [0.29, 0.717) is 11.7 Å². The molecule has 1 aliphatic carbocycles. The van der Waals surface area contributed by atoms with Gasteiger partial charge < -0.3 is 9.52 Å². The van der Waals surface area contributed by atoms with Gasteiger partial charge in [0.2, 0.25) is 0 Å². The molecule has 1 fully saturated rings. The summed E-state index contributed by atoms with van der Waals surface area (Å²) in [6.45, 7) is 6.00. The Bertz CT molecular complexity index is 807. The van der Waals surface area contributed by atoms with Crippen LogP contribution in [0.5, 0.6) is 0 Å². The number of aliphatic carboxylic acids is 1. The molecule has 1 N–H and O–H groups in total. The molecule has 2 heterocycles. The summed E-state index contributed by atoms with van der Waals surface area (Å²) in [6.07, 6.45) is 7.05. The standard InChI is InChI=1S/C20H23NO3S2.C2H6/c1-14-18(21-20(24-14)15-6-3-2-4-7-15)12-17-10-9-16(26-17)8-5-11-25-13-19(22)23;1-2/h9-10,15H,2-4,6-7,11-13H2,1H3,(H,22,23);1-2H3. The summed E-state index contributed by atoms with van der Waals surface area (Å²) in [7, 11) is 0. The molecule has 1 aliphatic rings. The van der Waals surface area contributed by atoms with E-state index in [1.54, 1.807) is 11.3 Å². The van der Waals surface area contributed by atoms with Crippen LogP contribution in [0, 0.1) is 18.8 Å². The number of thioether (sulfide) groups is 1. The maximum Gasteiger partial charge on any atom is 0.313 e. The van der Waals surface area contributed by atoms with E-state index in [-0.39, 0.29) is 5.75 Å². The van der Waals surface area contributed by atoms with E-state index in [0.717, 1.165) is 28.6 Å². The van der Waals surface area contributed by atoms with E-state index in [2.05, 4.69) is 17.9 Å². The molecule has 28 heavy (non-hydrogen) atoms. The third kappa shape index (κ3) is 7.03. The van der Waals surface area contributed by atoms with Gasteiger partial charge in [0.15, 0.2) is 5.89 Å². The monoisotopic (exact) mass is 419 g/mol. The number of aromatic nitrogens is 1. The van der Waals surface area contributed by atoms with Gasteiger partial charge >= 0.3 is 5.97 Å². The van der Waals surface area contributed by atoms with Gasteiger partial charge in [-0.05, 0) is 31.9 Å². The van der Waals surface area contributed by atoms with Crippen LogP contribution < -0.4 is 0 Å². The van der Waals surface area contributed by atoms with Crippen molar-refractivity contribution < 1.29 is 14.3 Å². The zero-order valence-corrected chi connectivity index (χ0v) is 18.5. The molecule has 152 valence electrons. The number of carboxylic acids is 1. The van der Waals surface area contributed by atoms with Crippen molar-refractivity contribution in [2.75, 3.05) is 11.5 Å². The molecule has 3 rings (SSSR count). The average Bonchev–Trinajstić information content (AvgIpc) is 3.30. The van der Waals surface area contributed by atoms with E-state index in [9.17, 15) is 4.79 Å². The Morgan fingerprint density at radius 3 is 2.79 bits per heavy atom. The van der Waals surface area contributed by atoms with Gasteiger partial charge in [-0.1, -0.05) is 45.0 Å². The molecule has 2 aromatic heterocycles. The van der Waals surface area contributed by atoms with Crippen molar-refractivity contribution in [2.24, 2.45) is 0 Å². The van der Waals surface area contributed by atoms with Crippen LogP contribution in [0.25, 0.3) is 0 Å². The van der Waals surface area contributed by atoms with Crippen molar-refractivity contribution in [2.45, 2.75) is 65.2 Å². The molecule has 0 radical (unpaired) electrons. The van der Waals surface area contributed by atoms with Gasteiger partial charge in [-0.2, -0.15) is 0 Å². The van der Waals surface area contributed by atoms with Crippen molar-refractivity contribution in [1.29, 1.82) is 0 Å². The third-order valence-corrected chi connectivity index (χ3v) is 6.28. The summed E-state index contributed by atoms with van der Waals surface area (Å²) >= 11 is 2.98. The zero-order chi connectivity index (χ0) is 20.4. The molecule has 0 spiro atoms. The number of carbonyl (C=O) groups is 1. The fourth-order valence-corrected chi connectivity index (χ4v) is 4.49. The van der Waals surface area contributed by atoms with Gasteiger partial charge in [-0.3, -0.25) is 4.79 Å². The van der Waals surface area contributed by atoms with Crippen LogP contribution in [0.3, 0.4) is 0 Å². The van der Waals surface area contributed by atoms with Gasteiger partial charge in [0, 0.05) is 17.2 Å². The summed E-state index contributed by atoms with van der Waals surface area (Å²) < 4.78 is 5.96. The smallest absolute Gasteiger partial charge is 0.313 e. The highest BCUT2D eigenvalue weighted by Gasteiger charge is 2.22. The van der Waals surface area contributed by atoms with Crippen molar-refractivity contribution in [1.82, 2.24) is 4.98 Å². The lowest BCUT2D eigenvalue weighted by Gasteiger charge is -2.17. The van der Waals surface area contributed by atoms with E-state index in [1.807, 2.05) is 26.8 Å². The van der Waals surface area contributed by atoms with Crippen LogP contribution in [-0.4, -0.2) is 27.6 Å². The lowest BCUT2D eigenvalue weighted by atomic mass is 9.89. The van der Waals surface area contributed by atoms with Gasteiger partial charge in [0.1, 0.15) is 5.76 Å². The Balaban J connectivity index is 0.00000136. The van der Waals surface area contributed by atoms with Crippen LogP contribution in [0.15, 0.2) is 16.5 Å². The first-order valence-electron chi connectivity index (χ1n) is 9.95. The maximum absolute atomic E-state index is 10.5. The Morgan fingerprint density at radius 1 is 1.32 bits per heavy atom. The number of rotatable bonds is 6. The largest absolute Gasteiger partial charge is 0.481 e. The first kappa shape index (κ1) is 22.6. The minimum atomic E-state index is -0.800. The van der Waals surface area contributed by atoms with Crippen LogP contribution in [-0.2, 0) is 11.2 Å². The molecule has 0 saturated heterocycles. The Hall–Kier alpha value is -1.71. The second-order valence-electron chi connectivity index (χ2n) is 6.52. The first-order valence-corrected chi connectivity index (χ1v) is 11.9. The van der Waals surface area contributed by atoms with Gasteiger partial charge in [0.05, 0.1) is 22.1 Å². The third-order valence-electron chi connectivity index (χ3n) is 4.48. The number of carboxylic acid groups (broad SMARTS) is 1. The van der Waals surface area contributed by atoms with Crippen molar-refractivity contribution in [3.63, 3.8) is 0 Å². The van der Waals surface area contributed by atoms with E-state index in [4.69, 9.17) is 14.5 Å². The van der Waals surface area contributed by atoms with Crippen LogP contribution in [0.1, 0.15) is 79.0 Å². The summed E-state index contributed by atoms with van der Waals surface area (Å²) in [5.74, 6) is 8.29. The Kier molecular flexibility index (Phi) is 9.66. The zero-order valence-electron chi connectivity index (χ0n) is 16.9. The second kappa shape index (κ2) is 12.0.